The summed E-state index contributed by atoms with van der Waals surface area (Å²) in [4.78, 5) is 4.76. The normalized spacial score (nSPS) is 11.9. The zero-order valence-corrected chi connectivity index (χ0v) is 38.4. The first-order valence-electron chi connectivity index (χ1n) is 22.4. The van der Waals surface area contributed by atoms with Crippen molar-refractivity contribution in [2.45, 2.75) is 69.2 Å². The number of hydrogen-bond donors (Lipinski definition) is 0. The summed E-state index contributed by atoms with van der Waals surface area (Å²) in [6.07, 6.45) is 0. The molecule has 0 aliphatic heterocycles. The van der Waals surface area contributed by atoms with Crippen LogP contribution in [0.25, 0.3) is 65.4 Å². The van der Waals surface area contributed by atoms with E-state index in [2.05, 4.69) is 212 Å². The van der Waals surface area contributed by atoms with Crippen molar-refractivity contribution in [2.75, 3.05) is 9.80 Å². The molecule has 11 rings (SSSR count). The van der Waals surface area contributed by atoms with Gasteiger partial charge in [-0.1, -0.05) is 36.4 Å². The Kier molecular flexibility index (Phi) is 9.04. The van der Waals surface area contributed by atoms with Crippen molar-refractivity contribution in [3.8, 4) is 0 Å². The maximum Gasteiger partial charge on any atom is 0.139 e. The maximum absolute atomic E-state index is 6.92. The largest absolute Gasteiger partial charge is 0.456 e. The van der Waals surface area contributed by atoms with E-state index in [1.54, 1.807) is 0 Å². The topological polar surface area (TPSA) is 32.8 Å². The molecule has 2 aromatic heterocycles. The number of aryl methyl sites for hydroxylation is 10. The highest BCUT2D eigenvalue weighted by Crippen LogP contribution is 2.46. The molecular formula is C60H52N2O2. The van der Waals surface area contributed by atoms with E-state index < -0.39 is 0 Å². The van der Waals surface area contributed by atoms with Crippen LogP contribution in [0.5, 0.6) is 0 Å². The molecular weight excluding hydrogens is 781 g/mol. The Labute approximate surface area is 375 Å². The number of anilines is 6. The van der Waals surface area contributed by atoms with Gasteiger partial charge in [0.2, 0.25) is 0 Å². The molecule has 9 aromatic carbocycles. The van der Waals surface area contributed by atoms with Crippen LogP contribution in [-0.2, 0) is 0 Å². The molecule has 11 aromatic rings. The van der Waals surface area contributed by atoms with Crippen LogP contribution >= 0.6 is 0 Å². The summed E-state index contributed by atoms with van der Waals surface area (Å²) >= 11 is 0. The average molecular weight is 833 g/mol. The van der Waals surface area contributed by atoms with Crippen LogP contribution in [0.1, 0.15) is 55.6 Å². The molecule has 0 aliphatic rings. The average Bonchev–Trinajstić information content (AvgIpc) is 3.79. The highest BCUT2D eigenvalue weighted by atomic mass is 16.3. The number of hydrogen-bond acceptors (Lipinski definition) is 4. The van der Waals surface area contributed by atoms with Gasteiger partial charge < -0.3 is 18.6 Å². The van der Waals surface area contributed by atoms with Crippen molar-refractivity contribution >= 4 is 99.5 Å². The number of rotatable bonds is 6. The molecule has 0 saturated heterocycles. The third kappa shape index (κ3) is 6.59. The van der Waals surface area contributed by atoms with Gasteiger partial charge in [-0.2, -0.15) is 0 Å². The Morgan fingerprint density at radius 2 is 0.578 bits per heavy atom. The van der Waals surface area contributed by atoms with Crippen LogP contribution in [0.2, 0.25) is 0 Å². The second kappa shape index (κ2) is 14.6. The standard InChI is InChI=1S/C60H52N2O2/c1-33-15-34(2)20-49(19-33)61(50-21-35(3)16-36(4)22-50)47-13-11-43-29-53-55(31-45(43)27-47)63-59-42(10)58-54-30-44-12-14-48(28-46(44)32-56(54)64-60(58)41(9)57(53)59)62(51-23-37(5)17-38(6)24-51)52-25-39(7)18-40(8)26-52/h11-32H,1-10H3. The molecule has 0 N–H and O–H groups in total. The minimum Gasteiger partial charge on any atom is -0.456 e. The molecule has 0 radical (unpaired) electrons. The summed E-state index contributed by atoms with van der Waals surface area (Å²) in [5.41, 5.74) is 22.5. The van der Waals surface area contributed by atoms with E-state index >= 15 is 0 Å². The van der Waals surface area contributed by atoms with Crippen LogP contribution in [-0.4, -0.2) is 0 Å². The molecule has 4 nitrogen and oxygen atoms in total. The molecule has 0 spiro atoms. The zero-order chi connectivity index (χ0) is 44.3. The van der Waals surface area contributed by atoms with Crippen LogP contribution < -0.4 is 9.80 Å². The Bertz CT molecular complexity index is 3320. The van der Waals surface area contributed by atoms with E-state index in [0.29, 0.717) is 0 Å². The zero-order valence-electron chi connectivity index (χ0n) is 38.4. The van der Waals surface area contributed by atoms with Gasteiger partial charge in [0.05, 0.1) is 0 Å². The third-order valence-corrected chi connectivity index (χ3v) is 13.1. The molecule has 4 heteroatoms. The molecule has 0 aliphatic carbocycles. The van der Waals surface area contributed by atoms with Crippen LogP contribution in [0.4, 0.5) is 34.1 Å². The summed E-state index contributed by atoms with van der Waals surface area (Å²) in [5, 5.41) is 9.03. The summed E-state index contributed by atoms with van der Waals surface area (Å²) < 4.78 is 13.8. The van der Waals surface area contributed by atoms with E-state index in [4.69, 9.17) is 8.83 Å². The van der Waals surface area contributed by atoms with Crippen molar-refractivity contribution in [1.29, 1.82) is 0 Å². The highest BCUT2D eigenvalue weighted by molar-refractivity contribution is 6.22. The van der Waals surface area contributed by atoms with Crippen LogP contribution in [0, 0.1) is 69.2 Å². The van der Waals surface area contributed by atoms with Gasteiger partial charge in [0.1, 0.15) is 22.3 Å². The predicted molar refractivity (Wildman–Crippen MR) is 273 cm³/mol. The van der Waals surface area contributed by atoms with Crippen molar-refractivity contribution in [1.82, 2.24) is 0 Å². The van der Waals surface area contributed by atoms with E-state index in [-0.39, 0.29) is 0 Å². The number of nitrogens with zero attached hydrogens (tertiary/aromatic N) is 2. The molecule has 64 heavy (non-hydrogen) atoms. The number of fused-ring (bicyclic) bond motifs is 8. The smallest absolute Gasteiger partial charge is 0.139 e. The highest BCUT2D eigenvalue weighted by Gasteiger charge is 2.23. The van der Waals surface area contributed by atoms with E-state index in [0.717, 1.165) is 99.9 Å². The molecule has 0 amide bonds. The second-order valence-electron chi connectivity index (χ2n) is 18.7. The van der Waals surface area contributed by atoms with Gasteiger partial charge in [-0.05, 0) is 232 Å². The van der Waals surface area contributed by atoms with Gasteiger partial charge in [-0.3, -0.25) is 0 Å². The lowest BCUT2D eigenvalue weighted by molar-refractivity contribution is 0.660. The van der Waals surface area contributed by atoms with Crippen LogP contribution in [0.3, 0.4) is 0 Å². The summed E-state index contributed by atoms with van der Waals surface area (Å²) in [7, 11) is 0. The molecule has 0 fully saturated rings. The predicted octanol–water partition coefficient (Wildman–Crippen LogP) is 17.8. The number of benzene rings is 9. The monoisotopic (exact) mass is 832 g/mol. The summed E-state index contributed by atoms with van der Waals surface area (Å²) in [6.45, 7) is 21.7. The van der Waals surface area contributed by atoms with E-state index in [9.17, 15) is 0 Å². The minimum atomic E-state index is 0.877. The lowest BCUT2D eigenvalue weighted by atomic mass is 9.97. The number of furan rings is 2. The van der Waals surface area contributed by atoms with Gasteiger partial charge in [0.25, 0.3) is 0 Å². The Morgan fingerprint density at radius 1 is 0.281 bits per heavy atom. The van der Waals surface area contributed by atoms with Gasteiger partial charge in [0, 0.05) is 66.8 Å². The van der Waals surface area contributed by atoms with E-state index in [1.807, 2.05) is 0 Å². The maximum atomic E-state index is 6.92. The van der Waals surface area contributed by atoms with Crippen molar-refractivity contribution in [3.63, 3.8) is 0 Å². The lowest BCUT2D eigenvalue weighted by Crippen LogP contribution is -2.11. The first-order valence-corrected chi connectivity index (χ1v) is 22.4. The molecule has 0 unspecified atom stereocenters. The van der Waals surface area contributed by atoms with Crippen LogP contribution in [0.15, 0.2) is 142 Å². The van der Waals surface area contributed by atoms with Gasteiger partial charge >= 0.3 is 0 Å². The Balaban J connectivity index is 1.05. The SMILES string of the molecule is Cc1cc(C)cc(N(c2cc(C)cc(C)c2)c2ccc3cc4c(cc3c2)oc2c(C)c3c(oc5cc6cc(N(c7cc(C)cc(C)c7)c7cc(C)cc(C)c7)ccc6cc53)c(C)c24)c1. The molecule has 314 valence electrons. The molecule has 2 heterocycles. The Hall–Kier alpha value is -7.30. The minimum absolute atomic E-state index is 0.877. The fourth-order valence-electron chi connectivity index (χ4n) is 10.6. The lowest BCUT2D eigenvalue weighted by Gasteiger charge is -2.27. The van der Waals surface area contributed by atoms with Crippen molar-refractivity contribution < 1.29 is 8.83 Å². The van der Waals surface area contributed by atoms with E-state index in [1.165, 1.54) is 55.3 Å². The fraction of sp³-hybridized carbons (Fsp3) is 0.167. The van der Waals surface area contributed by atoms with Crippen molar-refractivity contribution in [3.05, 3.63) is 189 Å². The Morgan fingerprint density at radius 3 is 0.875 bits per heavy atom. The summed E-state index contributed by atoms with van der Waals surface area (Å²) in [5.74, 6) is 0. The molecule has 0 saturated carbocycles. The molecule has 0 atom stereocenters. The first-order chi connectivity index (χ1) is 30.7. The quantitative estimate of drug-likeness (QED) is 0.167. The van der Waals surface area contributed by atoms with Crippen molar-refractivity contribution in [2.24, 2.45) is 0 Å². The van der Waals surface area contributed by atoms with Gasteiger partial charge in [0.15, 0.2) is 0 Å². The molecule has 0 bridgehead atoms. The second-order valence-corrected chi connectivity index (χ2v) is 18.7. The first kappa shape index (κ1) is 39.5. The van der Waals surface area contributed by atoms with Gasteiger partial charge in [-0.25, -0.2) is 0 Å². The van der Waals surface area contributed by atoms with Gasteiger partial charge in [-0.15, -0.1) is 0 Å². The third-order valence-electron chi connectivity index (χ3n) is 13.1. The summed E-state index contributed by atoms with van der Waals surface area (Å²) in [6, 6.07) is 49.8. The fourth-order valence-corrected chi connectivity index (χ4v) is 10.6.